The van der Waals surface area contributed by atoms with Crippen LogP contribution in [0.1, 0.15) is 60.5 Å². The van der Waals surface area contributed by atoms with E-state index in [9.17, 15) is 4.79 Å². The normalized spacial score (nSPS) is 20.0. The first-order valence-corrected chi connectivity index (χ1v) is 16.0. The van der Waals surface area contributed by atoms with Crippen LogP contribution in [0.4, 0.5) is 0 Å². The van der Waals surface area contributed by atoms with Crippen molar-refractivity contribution in [2.75, 3.05) is 60.2 Å². The Morgan fingerprint density at radius 1 is 0.891 bits per heavy atom. The van der Waals surface area contributed by atoms with Gasteiger partial charge < -0.3 is 19.1 Å². The first kappa shape index (κ1) is 35.9. The van der Waals surface area contributed by atoms with Crippen molar-refractivity contribution in [3.05, 3.63) is 83.2 Å². The van der Waals surface area contributed by atoms with Gasteiger partial charge >= 0.3 is 0 Å². The van der Waals surface area contributed by atoms with E-state index in [-0.39, 0.29) is 48.7 Å². The zero-order valence-corrected chi connectivity index (χ0v) is 28.7. The molecule has 0 N–H and O–H groups in total. The van der Waals surface area contributed by atoms with Crippen molar-refractivity contribution < 1.29 is 19.0 Å². The maximum atomic E-state index is 13.1. The molecule has 1 saturated carbocycles. The Morgan fingerprint density at radius 3 is 2.13 bits per heavy atom. The van der Waals surface area contributed by atoms with Gasteiger partial charge in [-0.25, -0.2) is 0 Å². The van der Waals surface area contributed by atoms with E-state index >= 15 is 0 Å². The van der Waals surface area contributed by atoms with Gasteiger partial charge in [0.1, 0.15) is 5.82 Å². The fourth-order valence-corrected chi connectivity index (χ4v) is 6.94. The number of fused-ring (bicyclic) bond motifs is 1. The summed E-state index contributed by atoms with van der Waals surface area (Å²) in [6, 6.07) is 22.1. The maximum absolute atomic E-state index is 13.1. The maximum Gasteiger partial charge on any atom is 0.225 e. The van der Waals surface area contributed by atoms with Crippen LogP contribution in [-0.4, -0.2) is 103 Å². The van der Waals surface area contributed by atoms with Gasteiger partial charge in [-0.1, -0.05) is 60.7 Å². The standard InChI is InChI=1S/C35H45N5O4.2ClH/c1-4-44-35-29(34(43-3)36-33(37-35)27-15-16-27)23-38-21-28-22-39(31(41)17-20-42-2)18-19-40(28)30(24-38)32(25-11-7-5-8-12-25)26-13-9-6-10-14-26;;/h5-14,27-28,30,32H,4,15-24H2,1-3H3;2*1H. The number of carbonyl (C=O) groups excluding carboxylic acids is 1. The minimum Gasteiger partial charge on any atom is -0.481 e. The number of methoxy groups -OCH3 is 2. The predicted molar refractivity (Wildman–Crippen MR) is 184 cm³/mol. The highest BCUT2D eigenvalue weighted by molar-refractivity contribution is 5.85. The Bertz CT molecular complexity index is 1360. The average molecular weight is 673 g/mol. The molecule has 2 saturated heterocycles. The zero-order chi connectivity index (χ0) is 30.5. The molecule has 9 nitrogen and oxygen atoms in total. The lowest BCUT2D eigenvalue weighted by molar-refractivity contribution is -0.137. The Balaban J connectivity index is 0.00000240. The number of rotatable bonds is 12. The second kappa shape index (κ2) is 16.7. The fraction of sp³-hybridized carbons (Fsp3) is 0.514. The Labute approximate surface area is 285 Å². The summed E-state index contributed by atoms with van der Waals surface area (Å²) in [4.78, 5) is 30.0. The van der Waals surface area contributed by atoms with E-state index in [1.165, 1.54) is 11.1 Å². The Hall–Kier alpha value is -2.95. The molecule has 0 radical (unpaired) electrons. The van der Waals surface area contributed by atoms with Crippen LogP contribution in [0.25, 0.3) is 0 Å². The van der Waals surface area contributed by atoms with Crippen molar-refractivity contribution in [2.24, 2.45) is 0 Å². The smallest absolute Gasteiger partial charge is 0.225 e. The van der Waals surface area contributed by atoms with E-state index in [2.05, 4.69) is 70.5 Å². The predicted octanol–water partition coefficient (Wildman–Crippen LogP) is 5.17. The number of aromatic nitrogens is 2. The number of hydrogen-bond acceptors (Lipinski definition) is 8. The number of carbonyl (C=O) groups is 1. The Kier molecular flexibility index (Phi) is 13.1. The van der Waals surface area contributed by atoms with Gasteiger partial charge in [-0.3, -0.25) is 14.6 Å². The number of benzene rings is 2. The average Bonchev–Trinajstić information content (AvgIpc) is 3.91. The molecule has 1 aromatic heterocycles. The van der Waals surface area contributed by atoms with E-state index in [4.69, 9.17) is 24.2 Å². The van der Waals surface area contributed by atoms with Crippen LogP contribution >= 0.6 is 24.8 Å². The first-order valence-electron chi connectivity index (χ1n) is 16.0. The number of halogens is 2. The highest BCUT2D eigenvalue weighted by Crippen LogP contribution is 2.41. The summed E-state index contributed by atoms with van der Waals surface area (Å²) in [5, 5.41) is 0. The van der Waals surface area contributed by atoms with Gasteiger partial charge in [0.05, 0.1) is 32.3 Å². The molecule has 2 aliphatic heterocycles. The van der Waals surface area contributed by atoms with Crippen molar-refractivity contribution in [3.63, 3.8) is 0 Å². The van der Waals surface area contributed by atoms with Crippen LogP contribution in [0.15, 0.2) is 60.7 Å². The topological polar surface area (TPSA) is 80.3 Å². The summed E-state index contributed by atoms with van der Waals surface area (Å²) in [7, 11) is 3.33. The van der Waals surface area contributed by atoms with E-state index in [1.807, 2.05) is 11.8 Å². The lowest BCUT2D eigenvalue weighted by Crippen LogP contribution is -2.67. The highest BCUT2D eigenvalue weighted by atomic mass is 35.5. The molecule has 250 valence electrons. The zero-order valence-electron chi connectivity index (χ0n) is 27.0. The molecule has 3 aliphatic rings. The Morgan fingerprint density at radius 2 is 1.54 bits per heavy atom. The molecule has 2 atom stereocenters. The number of nitrogens with zero attached hydrogens (tertiary/aromatic N) is 5. The van der Waals surface area contributed by atoms with Crippen LogP contribution in [0.3, 0.4) is 0 Å². The summed E-state index contributed by atoms with van der Waals surface area (Å²) in [6.45, 7) is 7.50. The molecule has 3 aromatic rings. The van der Waals surface area contributed by atoms with E-state index in [0.717, 1.165) is 50.4 Å². The quantitative estimate of drug-likeness (QED) is 0.261. The van der Waals surface area contributed by atoms with E-state index < -0.39 is 0 Å². The summed E-state index contributed by atoms with van der Waals surface area (Å²) >= 11 is 0. The molecule has 3 heterocycles. The van der Waals surface area contributed by atoms with Gasteiger partial charge in [0.25, 0.3) is 0 Å². The van der Waals surface area contributed by atoms with Crippen molar-refractivity contribution in [1.82, 2.24) is 24.7 Å². The van der Waals surface area contributed by atoms with Crippen molar-refractivity contribution in [1.29, 1.82) is 0 Å². The highest BCUT2D eigenvalue weighted by Gasteiger charge is 2.43. The van der Waals surface area contributed by atoms with Gasteiger partial charge in [0.2, 0.25) is 17.7 Å². The lowest BCUT2D eigenvalue weighted by Gasteiger charge is -2.53. The number of amides is 1. The van der Waals surface area contributed by atoms with Gasteiger partial charge in [-0.2, -0.15) is 9.97 Å². The second-order valence-electron chi connectivity index (χ2n) is 12.1. The summed E-state index contributed by atoms with van der Waals surface area (Å²) in [5.41, 5.74) is 3.49. The van der Waals surface area contributed by atoms with Crippen LogP contribution in [-0.2, 0) is 16.1 Å². The monoisotopic (exact) mass is 671 g/mol. The van der Waals surface area contributed by atoms with Crippen LogP contribution in [0.5, 0.6) is 11.8 Å². The van der Waals surface area contributed by atoms with Gasteiger partial charge in [-0.15, -0.1) is 24.8 Å². The number of piperazine rings is 2. The molecule has 6 rings (SSSR count). The van der Waals surface area contributed by atoms with Crippen LogP contribution in [0, 0.1) is 0 Å². The number of hydrogen-bond donors (Lipinski definition) is 0. The third-order valence-electron chi connectivity index (χ3n) is 9.19. The molecule has 0 bridgehead atoms. The third-order valence-corrected chi connectivity index (χ3v) is 9.19. The first-order chi connectivity index (χ1) is 21.6. The molecular weight excluding hydrogens is 625 g/mol. The van der Waals surface area contributed by atoms with Crippen LogP contribution < -0.4 is 9.47 Å². The van der Waals surface area contributed by atoms with Gasteiger partial charge in [0, 0.05) is 70.3 Å². The second-order valence-corrected chi connectivity index (χ2v) is 12.1. The summed E-state index contributed by atoms with van der Waals surface area (Å²) in [6.07, 6.45) is 2.63. The van der Waals surface area contributed by atoms with Gasteiger partial charge in [-0.05, 0) is 30.9 Å². The van der Waals surface area contributed by atoms with Crippen molar-refractivity contribution in [2.45, 2.75) is 56.7 Å². The fourth-order valence-electron chi connectivity index (χ4n) is 6.94. The largest absolute Gasteiger partial charge is 0.481 e. The van der Waals surface area contributed by atoms with Crippen molar-refractivity contribution >= 4 is 30.7 Å². The molecule has 1 amide bonds. The minimum atomic E-state index is 0. The summed E-state index contributed by atoms with van der Waals surface area (Å²) in [5.74, 6) is 2.77. The molecular formula is C35H47Cl2N5O4. The molecule has 46 heavy (non-hydrogen) atoms. The van der Waals surface area contributed by atoms with Crippen LogP contribution in [0.2, 0.25) is 0 Å². The SMILES string of the molecule is CCOc1nc(C2CC2)nc(OC)c1CN1CC2CN(C(=O)CCOC)CCN2C(C(c2ccccc2)c2ccccc2)C1.Cl.Cl. The number of ether oxygens (including phenoxy) is 3. The van der Waals surface area contributed by atoms with Gasteiger partial charge in [0.15, 0.2) is 0 Å². The third kappa shape index (κ3) is 8.12. The summed E-state index contributed by atoms with van der Waals surface area (Å²) < 4.78 is 17.2. The van der Waals surface area contributed by atoms with E-state index in [0.29, 0.717) is 50.4 Å². The lowest BCUT2D eigenvalue weighted by atomic mass is 9.81. The van der Waals surface area contributed by atoms with Crippen molar-refractivity contribution in [3.8, 4) is 11.8 Å². The minimum absolute atomic E-state index is 0. The van der Waals surface area contributed by atoms with E-state index in [1.54, 1.807) is 14.2 Å². The molecule has 11 heteroatoms. The molecule has 2 unspecified atom stereocenters. The molecule has 3 fully saturated rings. The molecule has 2 aromatic carbocycles. The molecule has 0 spiro atoms. The molecule has 1 aliphatic carbocycles.